The molecule has 6 heteroatoms. The summed E-state index contributed by atoms with van der Waals surface area (Å²) < 4.78 is 5.09. The van der Waals surface area contributed by atoms with Crippen molar-refractivity contribution in [1.29, 1.82) is 5.41 Å². The number of hydrogen-bond donors (Lipinski definition) is 3. The molecule has 1 amide bonds. The summed E-state index contributed by atoms with van der Waals surface area (Å²) >= 11 is 0. The number of carbonyl (C=O) groups excluding carboxylic acids is 2. The highest BCUT2D eigenvalue weighted by atomic mass is 16.5. The number of amides is 1. The number of carbonyl (C=O) groups is 2. The highest BCUT2D eigenvalue weighted by Gasteiger charge is 2.29. The van der Waals surface area contributed by atoms with Crippen LogP contribution >= 0.6 is 0 Å². The van der Waals surface area contributed by atoms with Crippen LogP contribution in [0.3, 0.4) is 0 Å². The van der Waals surface area contributed by atoms with Gasteiger partial charge in [-0.05, 0) is 35.7 Å². The Morgan fingerprint density at radius 2 is 1.61 bits per heavy atom. The average molecular weight is 442 g/mol. The number of methoxy groups -OCH3 is 1. The lowest BCUT2D eigenvalue weighted by molar-refractivity contribution is -0.145. The number of amidine groups is 1. The lowest BCUT2D eigenvalue weighted by atomic mass is 9.90. The Labute approximate surface area is 193 Å². The highest BCUT2D eigenvalue weighted by molar-refractivity contribution is 5.95. The molecule has 0 fully saturated rings. The molecule has 3 aromatic carbocycles. The van der Waals surface area contributed by atoms with Gasteiger partial charge in [0.05, 0.1) is 19.1 Å². The van der Waals surface area contributed by atoms with E-state index >= 15 is 0 Å². The van der Waals surface area contributed by atoms with E-state index in [0.717, 1.165) is 11.1 Å². The Kier molecular flexibility index (Phi) is 8.13. The lowest BCUT2D eigenvalue weighted by Gasteiger charge is -2.24. The number of nitrogens with two attached hydrogens (primary N) is 1. The van der Waals surface area contributed by atoms with Gasteiger partial charge in [-0.25, -0.2) is 0 Å². The molecule has 2 atom stereocenters. The molecule has 168 valence electrons. The number of ether oxygens (including phenoxy) is 1. The Morgan fingerprint density at radius 1 is 0.970 bits per heavy atom. The van der Waals surface area contributed by atoms with Gasteiger partial charge in [0.15, 0.2) is 0 Å². The SMILES string of the molecule is COC(=O)[C@H](Cc1cccc(C(=N)N)c1)[C@H](/C=C/c1ccccc1)NC(=O)c1ccccc1. The molecule has 6 nitrogen and oxygen atoms in total. The molecule has 4 N–H and O–H groups in total. The summed E-state index contributed by atoms with van der Waals surface area (Å²) in [7, 11) is 1.33. The molecule has 0 heterocycles. The van der Waals surface area contributed by atoms with Gasteiger partial charge in [0.25, 0.3) is 5.91 Å². The first kappa shape index (κ1) is 23.5. The predicted octanol–water partition coefficient (Wildman–Crippen LogP) is 3.81. The van der Waals surface area contributed by atoms with Crippen molar-refractivity contribution in [3.63, 3.8) is 0 Å². The minimum Gasteiger partial charge on any atom is -0.469 e. The first-order chi connectivity index (χ1) is 16.0. The van der Waals surface area contributed by atoms with E-state index in [2.05, 4.69) is 5.32 Å². The lowest BCUT2D eigenvalue weighted by Crippen LogP contribution is -2.43. The third-order valence-corrected chi connectivity index (χ3v) is 5.26. The van der Waals surface area contributed by atoms with Crippen molar-refractivity contribution in [3.8, 4) is 0 Å². The highest BCUT2D eigenvalue weighted by Crippen LogP contribution is 2.19. The molecular formula is C27H27N3O3. The Hall–Kier alpha value is -4.19. The van der Waals surface area contributed by atoms with Crippen molar-refractivity contribution in [1.82, 2.24) is 5.32 Å². The Bertz CT molecular complexity index is 1130. The van der Waals surface area contributed by atoms with Crippen LogP contribution in [0.1, 0.15) is 27.0 Å². The quantitative estimate of drug-likeness (QED) is 0.267. The standard InChI is InChI=1S/C27H27N3O3/c1-33-27(32)23(18-20-11-8-14-22(17-20)25(28)29)24(16-15-19-9-4-2-5-10-19)30-26(31)21-12-6-3-7-13-21/h2-17,23-24H,18H2,1H3,(H3,28,29)(H,30,31)/b16-15+/t23-,24+/m1/s1. The van der Waals surface area contributed by atoms with Crippen LogP contribution in [0.2, 0.25) is 0 Å². The third kappa shape index (κ3) is 6.64. The summed E-state index contributed by atoms with van der Waals surface area (Å²) in [5.41, 5.74) is 8.45. The maximum absolute atomic E-state index is 12.9. The molecule has 0 radical (unpaired) electrons. The van der Waals surface area contributed by atoms with Crippen molar-refractivity contribution in [2.75, 3.05) is 7.11 Å². The maximum Gasteiger partial charge on any atom is 0.311 e. The van der Waals surface area contributed by atoms with Gasteiger partial charge in [0.1, 0.15) is 5.84 Å². The zero-order valence-corrected chi connectivity index (χ0v) is 18.4. The fourth-order valence-electron chi connectivity index (χ4n) is 3.51. The van der Waals surface area contributed by atoms with E-state index < -0.39 is 17.9 Å². The van der Waals surface area contributed by atoms with Gasteiger partial charge >= 0.3 is 5.97 Å². The fourth-order valence-corrected chi connectivity index (χ4v) is 3.51. The van der Waals surface area contributed by atoms with Gasteiger partial charge in [0, 0.05) is 11.1 Å². The predicted molar refractivity (Wildman–Crippen MR) is 130 cm³/mol. The summed E-state index contributed by atoms with van der Waals surface area (Å²) in [6.07, 6.45) is 3.98. The van der Waals surface area contributed by atoms with Crippen LogP contribution in [0, 0.1) is 11.3 Å². The molecule has 0 aliphatic rings. The minimum atomic E-state index is -0.690. The van der Waals surface area contributed by atoms with Crippen molar-refractivity contribution < 1.29 is 14.3 Å². The number of nitrogen functional groups attached to an aromatic ring is 1. The zero-order valence-electron chi connectivity index (χ0n) is 18.4. The summed E-state index contributed by atoms with van der Waals surface area (Å²) in [6, 6.07) is 25.0. The average Bonchev–Trinajstić information content (AvgIpc) is 2.86. The molecule has 0 spiro atoms. The number of benzene rings is 3. The monoisotopic (exact) mass is 441 g/mol. The molecule has 0 saturated heterocycles. The molecule has 0 saturated carbocycles. The van der Waals surface area contributed by atoms with Gasteiger partial charge in [-0.3, -0.25) is 15.0 Å². The summed E-state index contributed by atoms with van der Waals surface area (Å²) in [6.45, 7) is 0. The van der Waals surface area contributed by atoms with Gasteiger partial charge in [0.2, 0.25) is 0 Å². The van der Waals surface area contributed by atoms with E-state index in [1.807, 2.05) is 54.6 Å². The number of hydrogen-bond acceptors (Lipinski definition) is 4. The van der Waals surface area contributed by atoms with Crippen molar-refractivity contribution >= 4 is 23.8 Å². The van der Waals surface area contributed by atoms with E-state index in [1.165, 1.54) is 7.11 Å². The van der Waals surface area contributed by atoms with Crippen molar-refractivity contribution in [2.24, 2.45) is 11.7 Å². The van der Waals surface area contributed by atoms with Gasteiger partial charge in [-0.2, -0.15) is 0 Å². The fraction of sp³-hybridized carbons (Fsp3) is 0.148. The van der Waals surface area contributed by atoms with Gasteiger partial charge < -0.3 is 15.8 Å². The van der Waals surface area contributed by atoms with E-state index in [4.69, 9.17) is 15.9 Å². The van der Waals surface area contributed by atoms with E-state index in [0.29, 0.717) is 17.5 Å². The normalized spacial score (nSPS) is 12.6. The van der Waals surface area contributed by atoms with Crippen LogP contribution in [-0.2, 0) is 16.0 Å². The number of nitrogens with one attached hydrogen (secondary N) is 2. The zero-order chi connectivity index (χ0) is 23.6. The summed E-state index contributed by atoms with van der Waals surface area (Å²) in [5.74, 6) is -1.47. The Morgan fingerprint density at radius 3 is 2.24 bits per heavy atom. The minimum absolute atomic E-state index is 0.0515. The largest absolute Gasteiger partial charge is 0.469 e. The van der Waals surface area contributed by atoms with Crippen LogP contribution in [0.4, 0.5) is 0 Å². The molecule has 3 rings (SSSR count). The second-order valence-corrected chi connectivity index (χ2v) is 7.58. The second-order valence-electron chi connectivity index (χ2n) is 7.58. The summed E-state index contributed by atoms with van der Waals surface area (Å²) in [5, 5.41) is 10.7. The topological polar surface area (TPSA) is 105 Å². The third-order valence-electron chi connectivity index (χ3n) is 5.26. The number of rotatable bonds is 9. The molecule has 0 unspecified atom stereocenters. The van der Waals surface area contributed by atoms with E-state index in [9.17, 15) is 9.59 Å². The van der Waals surface area contributed by atoms with E-state index in [1.54, 1.807) is 42.5 Å². The molecule has 0 aromatic heterocycles. The smallest absolute Gasteiger partial charge is 0.311 e. The number of esters is 1. The second kappa shape index (κ2) is 11.4. The summed E-state index contributed by atoms with van der Waals surface area (Å²) in [4.78, 5) is 25.8. The first-order valence-electron chi connectivity index (χ1n) is 10.6. The van der Waals surface area contributed by atoms with Gasteiger partial charge in [-0.1, -0.05) is 78.9 Å². The Balaban J connectivity index is 1.94. The first-order valence-corrected chi connectivity index (χ1v) is 10.6. The molecule has 3 aromatic rings. The molecule has 0 aliphatic carbocycles. The van der Waals surface area contributed by atoms with Crippen molar-refractivity contribution in [2.45, 2.75) is 12.5 Å². The van der Waals surface area contributed by atoms with Crippen LogP contribution in [0.25, 0.3) is 6.08 Å². The molecular weight excluding hydrogens is 414 g/mol. The van der Waals surface area contributed by atoms with Crippen LogP contribution < -0.4 is 11.1 Å². The molecule has 0 aliphatic heterocycles. The van der Waals surface area contributed by atoms with Crippen LogP contribution in [0.15, 0.2) is 91.0 Å². The molecule has 33 heavy (non-hydrogen) atoms. The van der Waals surface area contributed by atoms with Crippen LogP contribution in [-0.4, -0.2) is 30.9 Å². The van der Waals surface area contributed by atoms with Crippen molar-refractivity contribution in [3.05, 3.63) is 113 Å². The van der Waals surface area contributed by atoms with Gasteiger partial charge in [-0.15, -0.1) is 0 Å². The molecule has 0 bridgehead atoms. The maximum atomic E-state index is 12.9. The van der Waals surface area contributed by atoms with E-state index in [-0.39, 0.29) is 11.7 Å². The van der Waals surface area contributed by atoms with Crippen LogP contribution in [0.5, 0.6) is 0 Å².